The Hall–Kier alpha value is -0.910. The van der Waals surface area contributed by atoms with Crippen LogP contribution in [0.4, 0.5) is 0 Å². The van der Waals surface area contributed by atoms with Gasteiger partial charge in [0.15, 0.2) is 0 Å². The number of thiophene rings is 1. The molecule has 0 aliphatic carbocycles. The molecule has 2 rings (SSSR count). The minimum Gasteiger partial charge on any atom is -0.374 e. The van der Waals surface area contributed by atoms with Crippen LogP contribution in [-0.4, -0.2) is 49.7 Å². The zero-order chi connectivity index (χ0) is 16.8. The molecule has 1 N–H and O–H groups in total. The summed E-state index contributed by atoms with van der Waals surface area (Å²) in [6.45, 7) is 13.1. The molecule has 1 aromatic rings. The van der Waals surface area contributed by atoms with E-state index < -0.39 is 0 Å². The molecule has 1 amide bonds. The Balaban J connectivity index is 1.83. The van der Waals surface area contributed by atoms with Gasteiger partial charge in [0.2, 0.25) is 0 Å². The van der Waals surface area contributed by atoms with E-state index in [0.717, 1.165) is 44.0 Å². The summed E-state index contributed by atoms with van der Waals surface area (Å²) in [6, 6.07) is 2.05. The molecule has 4 nitrogen and oxygen atoms in total. The summed E-state index contributed by atoms with van der Waals surface area (Å²) in [7, 11) is 0. The quantitative estimate of drug-likeness (QED) is 0.831. The molecule has 1 aromatic heterocycles. The minimum absolute atomic E-state index is 0.0324. The van der Waals surface area contributed by atoms with Crippen molar-refractivity contribution in [2.24, 2.45) is 5.92 Å². The Labute approximate surface area is 144 Å². The number of rotatable bonds is 7. The first-order valence-electron chi connectivity index (χ1n) is 8.71. The molecule has 0 aromatic carbocycles. The number of ether oxygens (including phenoxy) is 1. The highest BCUT2D eigenvalue weighted by Crippen LogP contribution is 2.22. The topological polar surface area (TPSA) is 41.6 Å². The summed E-state index contributed by atoms with van der Waals surface area (Å²) in [5.74, 6) is 0.694. The van der Waals surface area contributed by atoms with Crippen molar-refractivity contribution in [2.75, 3.05) is 32.8 Å². The Morgan fingerprint density at radius 2 is 2.30 bits per heavy atom. The van der Waals surface area contributed by atoms with E-state index >= 15 is 0 Å². The SMILES string of the molecule is CCCc1cc(C(=O)NCC2CN(CC(C)C)CCO2)sc1C. The van der Waals surface area contributed by atoms with Crippen molar-refractivity contribution < 1.29 is 9.53 Å². The maximum atomic E-state index is 12.3. The Bertz CT molecular complexity index is 513. The highest BCUT2D eigenvalue weighted by atomic mass is 32.1. The van der Waals surface area contributed by atoms with Crippen molar-refractivity contribution in [2.45, 2.75) is 46.6 Å². The van der Waals surface area contributed by atoms with Gasteiger partial charge in [-0.15, -0.1) is 11.3 Å². The fourth-order valence-corrected chi connectivity index (χ4v) is 4.02. The smallest absolute Gasteiger partial charge is 0.261 e. The molecule has 5 heteroatoms. The van der Waals surface area contributed by atoms with Crippen LogP contribution >= 0.6 is 11.3 Å². The van der Waals surface area contributed by atoms with Crippen LogP contribution in [0.5, 0.6) is 0 Å². The molecule has 0 radical (unpaired) electrons. The van der Waals surface area contributed by atoms with Crippen LogP contribution in [-0.2, 0) is 11.2 Å². The number of carbonyl (C=O) groups excluding carboxylic acids is 1. The van der Waals surface area contributed by atoms with Crippen LogP contribution in [0.15, 0.2) is 6.07 Å². The normalized spacial score (nSPS) is 19.3. The van der Waals surface area contributed by atoms with E-state index in [0.29, 0.717) is 12.5 Å². The number of nitrogens with one attached hydrogen (secondary N) is 1. The maximum absolute atomic E-state index is 12.3. The van der Waals surface area contributed by atoms with E-state index in [2.05, 4.69) is 37.9 Å². The molecule has 1 fully saturated rings. The molecule has 1 saturated heterocycles. The first-order valence-corrected chi connectivity index (χ1v) is 9.52. The van der Waals surface area contributed by atoms with Gasteiger partial charge in [-0.2, -0.15) is 0 Å². The number of hydrogen-bond acceptors (Lipinski definition) is 4. The molecule has 130 valence electrons. The summed E-state index contributed by atoms with van der Waals surface area (Å²) in [6.07, 6.45) is 2.26. The lowest BCUT2D eigenvalue weighted by Gasteiger charge is -2.33. The lowest BCUT2D eigenvalue weighted by Crippen LogP contribution is -2.48. The minimum atomic E-state index is 0.0324. The summed E-state index contributed by atoms with van der Waals surface area (Å²) in [5, 5.41) is 3.05. The van der Waals surface area contributed by atoms with Gasteiger partial charge in [-0.05, 0) is 30.9 Å². The van der Waals surface area contributed by atoms with Crippen LogP contribution in [0, 0.1) is 12.8 Å². The van der Waals surface area contributed by atoms with Gasteiger partial charge in [0.05, 0.1) is 17.6 Å². The number of morpholine rings is 1. The third kappa shape index (κ3) is 5.59. The fraction of sp³-hybridized carbons (Fsp3) is 0.722. The lowest BCUT2D eigenvalue weighted by atomic mass is 10.1. The first kappa shape index (κ1) is 18.4. The van der Waals surface area contributed by atoms with Crippen molar-refractivity contribution in [3.63, 3.8) is 0 Å². The van der Waals surface area contributed by atoms with E-state index in [1.165, 1.54) is 10.4 Å². The summed E-state index contributed by atoms with van der Waals surface area (Å²) < 4.78 is 5.79. The van der Waals surface area contributed by atoms with Gasteiger partial charge in [0, 0.05) is 31.1 Å². The standard InChI is InChI=1S/C18H30N2O2S/c1-5-6-15-9-17(23-14(15)4)18(21)19-10-16-12-20(7-8-22-16)11-13(2)3/h9,13,16H,5-8,10-12H2,1-4H3,(H,19,21). The van der Waals surface area contributed by atoms with Crippen molar-refractivity contribution in [1.29, 1.82) is 0 Å². The van der Waals surface area contributed by atoms with Crippen LogP contribution in [0.1, 0.15) is 47.3 Å². The third-order valence-electron chi connectivity index (χ3n) is 4.10. The van der Waals surface area contributed by atoms with Crippen LogP contribution < -0.4 is 5.32 Å². The molecule has 1 atom stereocenters. The first-order chi connectivity index (χ1) is 11.0. The molecule has 0 saturated carbocycles. The highest BCUT2D eigenvalue weighted by Gasteiger charge is 2.22. The van der Waals surface area contributed by atoms with Gasteiger partial charge in [0.25, 0.3) is 5.91 Å². The lowest BCUT2D eigenvalue weighted by molar-refractivity contribution is -0.0295. The zero-order valence-corrected chi connectivity index (χ0v) is 15.7. The molecule has 1 unspecified atom stereocenters. The van der Waals surface area contributed by atoms with Gasteiger partial charge >= 0.3 is 0 Å². The van der Waals surface area contributed by atoms with Crippen molar-refractivity contribution in [1.82, 2.24) is 10.2 Å². The predicted octanol–water partition coefficient (Wildman–Crippen LogP) is 3.10. The van der Waals surface area contributed by atoms with E-state index in [-0.39, 0.29) is 12.0 Å². The molecule has 23 heavy (non-hydrogen) atoms. The second-order valence-corrected chi connectivity index (χ2v) is 8.05. The van der Waals surface area contributed by atoms with Crippen LogP contribution in [0.2, 0.25) is 0 Å². The summed E-state index contributed by atoms with van der Waals surface area (Å²) in [4.78, 5) is 16.9. The predicted molar refractivity (Wildman–Crippen MR) is 96.4 cm³/mol. The van der Waals surface area contributed by atoms with E-state index in [4.69, 9.17) is 4.74 Å². The summed E-state index contributed by atoms with van der Waals surface area (Å²) in [5.41, 5.74) is 1.31. The molecular formula is C18H30N2O2S. The fourth-order valence-electron chi connectivity index (χ4n) is 3.03. The highest BCUT2D eigenvalue weighted by molar-refractivity contribution is 7.14. The Kier molecular flexibility index (Phi) is 7.06. The molecule has 0 spiro atoms. The molecular weight excluding hydrogens is 308 g/mol. The number of amides is 1. The number of carbonyl (C=O) groups is 1. The van der Waals surface area contributed by atoms with Gasteiger partial charge in [-0.3, -0.25) is 9.69 Å². The number of nitrogens with zero attached hydrogens (tertiary/aromatic N) is 1. The average molecular weight is 339 g/mol. The average Bonchev–Trinajstić information content (AvgIpc) is 2.86. The molecule has 0 bridgehead atoms. The summed E-state index contributed by atoms with van der Waals surface area (Å²) >= 11 is 1.59. The van der Waals surface area contributed by atoms with Gasteiger partial charge in [-0.1, -0.05) is 27.2 Å². The maximum Gasteiger partial charge on any atom is 0.261 e. The van der Waals surface area contributed by atoms with Crippen LogP contribution in [0.3, 0.4) is 0 Å². The van der Waals surface area contributed by atoms with E-state index in [1.54, 1.807) is 11.3 Å². The monoisotopic (exact) mass is 338 g/mol. The largest absolute Gasteiger partial charge is 0.374 e. The Morgan fingerprint density at radius 1 is 1.52 bits per heavy atom. The molecule has 1 aliphatic rings. The van der Waals surface area contributed by atoms with E-state index in [1.807, 2.05) is 6.07 Å². The van der Waals surface area contributed by atoms with Crippen LogP contribution in [0.25, 0.3) is 0 Å². The third-order valence-corrected chi connectivity index (χ3v) is 5.19. The molecule has 1 aliphatic heterocycles. The second kappa shape index (κ2) is 8.81. The van der Waals surface area contributed by atoms with Crippen molar-refractivity contribution in [3.05, 3.63) is 21.4 Å². The van der Waals surface area contributed by atoms with Gasteiger partial charge in [-0.25, -0.2) is 0 Å². The zero-order valence-electron chi connectivity index (χ0n) is 14.9. The second-order valence-electron chi connectivity index (χ2n) is 6.80. The van der Waals surface area contributed by atoms with E-state index in [9.17, 15) is 4.79 Å². The van der Waals surface area contributed by atoms with Crippen molar-refractivity contribution >= 4 is 17.2 Å². The van der Waals surface area contributed by atoms with Gasteiger partial charge < -0.3 is 10.1 Å². The van der Waals surface area contributed by atoms with Crippen molar-refractivity contribution in [3.8, 4) is 0 Å². The van der Waals surface area contributed by atoms with Gasteiger partial charge in [0.1, 0.15) is 0 Å². The number of aryl methyl sites for hydroxylation is 2. The number of hydrogen-bond donors (Lipinski definition) is 1. The Morgan fingerprint density at radius 3 is 3.00 bits per heavy atom. The molecule has 2 heterocycles.